The van der Waals surface area contributed by atoms with E-state index in [0.717, 1.165) is 17.7 Å². The molecule has 13 heavy (non-hydrogen) atoms. The third kappa shape index (κ3) is 2.07. The Kier molecular flexibility index (Phi) is 2.60. The Morgan fingerprint density at radius 1 is 1.38 bits per heavy atom. The lowest BCUT2D eigenvalue weighted by atomic mass is 10.1. The highest BCUT2D eigenvalue weighted by Gasteiger charge is 2.09. The Hall–Kier alpha value is -0.890. The lowest BCUT2D eigenvalue weighted by Crippen LogP contribution is -1.91. The second-order valence-electron chi connectivity index (χ2n) is 3.35. The van der Waals surface area contributed by atoms with Gasteiger partial charge < -0.3 is 0 Å². The quantitative estimate of drug-likeness (QED) is 0.518. The summed E-state index contributed by atoms with van der Waals surface area (Å²) < 4.78 is 0. The molecule has 0 unspecified atom stereocenters. The Balaban J connectivity index is 2.10. The monoisotopic (exact) mass is 192 g/mol. The Labute approximate surface area is 82.1 Å². The van der Waals surface area contributed by atoms with E-state index in [1.807, 2.05) is 23.6 Å². The minimum atomic E-state index is 0.187. The van der Waals surface area contributed by atoms with Gasteiger partial charge in [0.2, 0.25) is 0 Å². The predicted molar refractivity (Wildman–Crippen MR) is 55.2 cm³/mol. The second kappa shape index (κ2) is 3.88. The summed E-state index contributed by atoms with van der Waals surface area (Å²) in [5.74, 6) is 0.187. The molecule has 0 amide bonds. The second-order valence-corrected chi connectivity index (χ2v) is 4.30. The van der Waals surface area contributed by atoms with Gasteiger partial charge in [0, 0.05) is 0 Å². The zero-order valence-corrected chi connectivity index (χ0v) is 8.27. The Morgan fingerprint density at radius 3 is 2.77 bits per heavy atom. The molecule has 0 aromatic carbocycles. The number of hydrogen-bond donors (Lipinski definition) is 0. The molecule has 1 fully saturated rings. The van der Waals surface area contributed by atoms with Crippen LogP contribution in [-0.4, -0.2) is 5.78 Å². The van der Waals surface area contributed by atoms with Gasteiger partial charge in [-0.25, -0.2) is 0 Å². The molecule has 1 saturated carbocycles. The van der Waals surface area contributed by atoms with Crippen LogP contribution in [0, 0.1) is 0 Å². The van der Waals surface area contributed by atoms with Crippen molar-refractivity contribution in [2.45, 2.75) is 25.7 Å². The number of carbonyl (C=O) groups excluding carboxylic acids is 1. The van der Waals surface area contributed by atoms with E-state index >= 15 is 0 Å². The first-order valence-electron chi connectivity index (χ1n) is 4.63. The molecule has 1 aliphatic carbocycles. The summed E-state index contributed by atoms with van der Waals surface area (Å²) in [5, 5.41) is 1.94. The number of allylic oxidation sites excluding steroid dienone is 2. The summed E-state index contributed by atoms with van der Waals surface area (Å²) >= 11 is 1.52. The third-order valence-corrected chi connectivity index (χ3v) is 3.23. The topological polar surface area (TPSA) is 17.1 Å². The van der Waals surface area contributed by atoms with Crippen LogP contribution in [0.1, 0.15) is 35.4 Å². The van der Waals surface area contributed by atoms with Gasteiger partial charge >= 0.3 is 0 Å². The standard InChI is InChI=1S/C11H12OS/c12-10(11-6-3-7-13-11)8-9-4-1-2-5-9/h3,6-8H,1-2,4-5H2. The van der Waals surface area contributed by atoms with Crippen LogP contribution in [0.15, 0.2) is 29.2 Å². The molecule has 0 spiro atoms. The van der Waals surface area contributed by atoms with Gasteiger partial charge in [-0.1, -0.05) is 11.6 Å². The van der Waals surface area contributed by atoms with Crippen molar-refractivity contribution in [3.8, 4) is 0 Å². The van der Waals surface area contributed by atoms with Crippen LogP contribution in [0.5, 0.6) is 0 Å². The van der Waals surface area contributed by atoms with Crippen molar-refractivity contribution in [2.75, 3.05) is 0 Å². The van der Waals surface area contributed by atoms with Gasteiger partial charge in [-0.3, -0.25) is 4.79 Å². The normalized spacial score (nSPS) is 16.2. The van der Waals surface area contributed by atoms with Crippen molar-refractivity contribution in [1.82, 2.24) is 0 Å². The number of rotatable bonds is 2. The van der Waals surface area contributed by atoms with Crippen molar-refractivity contribution < 1.29 is 4.79 Å². The molecule has 1 aromatic heterocycles. The summed E-state index contributed by atoms with van der Waals surface area (Å²) in [6.07, 6.45) is 6.58. The average molecular weight is 192 g/mol. The largest absolute Gasteiger partial charge is 0.288 e. The molecule has 0 bridgehead atoms. The molecule has 0 N–H and O–H groups in total. The maximum atomic E-state index is 11.6. The maximum Gasteiger partial charge on any atom is 0.195 e. The molecule has 0 aliphatic heterocycles. The van der Waals surface area contributed by atoms with Crippen LogP contribution in [-0.2, 0) is 0 Å². The molecular formula is C11H12OS. The fourth-order valence-corrected chi connectivity index (χ4v) is 2.28. The fraction of sp³-hybridized carbons (Fsp3) is 0.364. The van der Waals surface area contributed by atoms with E-state index in [1.165, 1.54) is 29.8 Å². The van der Waals surface area contributed by atoms with E-state index in [1.54, 1.807) is 0 Å². The van der Waals surface area contributed by atoms with Crippen LogP contribution in [0.25, 0.3) is 0 Å². The Bertz CT molecular complexity index is 314. The summed E-state index contributed by atoms with van der Waals surface area (Å²) in [6, 6.07) is 3.81. The predicted octanol–water partition coefficient (Wildman–Crippen LogP) is 3.43. The first kappa shape index (κ1) is 8.70. The number of hydrogen-bond acceptors (Lipinski definition) is 2. The zero-order chi connectivity index (χ0) is 9.10. The highest BCUT2D eigenvalue weighted by atomic mass is 32.1. The molecule has 1 heterocycles. The molecule has 1 nitrogen and oxygen atoms in total. The highest BCUT2D eigenvalue weighted by Crippen LogP contribution is 2.24. The maximum absolute atomic E-state index is 11.6. The van der Waals surface area contributed by atoms with Crippen LogP contribution in [0.2, 0.25) is 0 Å². The lowest BCUT2D eigenvalue weighted by Gasteiger charge is -1.93. The van der Waals surface area contributed by atoms with Gasteiger partial charge in [0.05, 0.1) is 4.88 Å². The smallest absolute Gasteiger partial charge is 0.195 e. The van der Waals surface area contributed by atoms with E-state index in [9.17, 15) is 4.79 Å². The van der Waals surface area contributed by atoms with E-state index in [-0.39, 0.29) is 5.78 Å². The van der Waals surface area contributed by atoms with Crippen molar-refractivity contribution in [3.05, 3.63) is 34.0 Å². The molecule has 0 saturated heterocycles. The first-order valence-corrected chi connectivity index (χ1v) is 5.51. The van der Waals surface area contributed by atoms with Gasteiger partial charge in [-0.15, -0.1) is 11.3 Å². The minimum absolute atomic E-state index is 0.187. The molecular weight excluding hydrogens is 180 g/mol. The summed E-state index contributed by atoms with van der Waals surface area (Å²) in [5.41, 5.74) is 1.33. The van der Waals surface area contributed by atoms with Crippen LogP contribution in [0.4, 0.5) is 0 Å². The molecule has 2 rings (SSSR count). The Morgan fingerprint density at radius 2 is 2.15 bits per heavy atom. The third-order valence-electron chi connectivity index (χ3n) is 2.35. The van der Waals surface area contributed by atoms with E-state index < -0.39 is 0 Å². The van der Waals surface area contributed by atoms with Gasteiger partial charge in [-0.2, -0.15) is 0 Å². The zero-order valence-electron chi connectivity index (χ0n) is 7.45. The highest BCUT2D eigenvalue weighted by molar-refractivity contribution is 7.12. The summed E-state index contributed by atoms with van der Waals surface area (Å²) in [6.45, 7) is 0. The van der Waals surface area contributed by atoms with Crippen LogP contribution >= 0.6 is 11.3 Å². The van der Waals surface area contributed by atoms with Crippen LogP contribution < -0.4 is 0 Å². The molecule has 1 aliphatic rings. The molecule has 2 heteroatoms. The van der Waals surface area contributed by atoms with Gasteiger partial charge in [0.15, 0.2) is 5.78 Å². The van der Waals surface area contributed by atoms with E-state index in [2.05, 4.69) is 0 Å². The van der Waals surface area contributed by atoms with Crippen molar-refractivity contribution in [3.63, 3.8) is 0 Å². The number of ketones is 1. The average Bonchev–Trinajstić information content (AvgIpc) is 2.74. The molecule has 0 atom stereocenters. The summed E-state index contributed by atoms with van der Waals surface area (Å²) in [7, 11) is 0. The minimum Gasteiger partial charge on any atom is -0.288 e. The van der Waals surface area contributed by atoms with Gasteiger partial charge in [0.1, 0.15) is 0 Å². The van der Waals surface area contributed by atoms with E-state index in [0.29, 0.717) is 0 Å². The molecule has 0 radical (unpaired) electrons. The number of thiophene rings is 1. The van der Waals surface area contributed by atoms with Gasteiger partial charge in [-0.05, 0) is 43.2 Å². The fourth-order valence-electron chi connectivity index (χ4n) is 1.65. The van der Waals surface area contributed by atoms with Crippen molar-refractivity contribution >= 4 is 17.1 Å². The molecule has 1 aromatic rings. The first-order chi connectivity index (χ1) is 6.36. The SMILES string of the molecule is O=C(C=C1CCCC1)c1cccs1. The van der Waals surface area contributed by atoms with Gasteiger partial charge in [0.25, 0.3) is 0 Å². The van der Waals surface area contributed by atoms with Crippen molar-refractivity contribution in [2.24, 2.45) is 0 Å². The van der Waals surface area contributed by atoms with Crippen molar-refractivity contribution in [1.29, 1.82) is 0 Å². The summed E-state index contributed by atoms with van der Waals surface area (Å²) in [4.78, 5) is 12.5. The number of carbonyl (C=O) groups is 1. The lowest BCUT2D eigenvalue weighted by molar-refractivity contribution is 0.104. The molecule has 68 valence electrons. The van der Waals surface area contributed by atoms with E-state index in [4.69, 9.17) is 0 Å². The van der Waals surface area contributed by atoms with Crippen LogP contribution in [0.3, 0.4) is 0 Å².